The van der Waals surface area contributed by atoms with Crippen LogP contribution < -0.4 is 15.4 Å². The Morgan fingerprint density at radius 1 is 1.17 bits per heavy atom. The molecule has 4 rings (SSSR count). The summed E-state index contributed by atoms with van der Waals surface area (Å²) in [6.45, 7) is 1.83. The van der Waals surface area contributed by atoms with E-state index < -0.39 is 11.7 Å². The minimum atomic E-state index is -0.516. The third-order valence-corrected chi connectivity index (χ3v) is 5.53. The van der Waals surface area contributed by atoms with Crippen LogP contribution in [0.15, 0.2) is 71.1 Å². The monoisotopic (exact) mass is 406 g/mol. The summed E-state index contributed by atoms with van der Waals surface area (Å²) >= 11 is 0. The largest absolute Gasteiger partial charge is 0.497 e. The Hall–Kier alpha value is -3.41. The van der Waals surface area contributed by atoms with E-state index in [0.29, 0.717) is 34.7 Å². The van der Waals surface area contributed by atoms with Crippen molar-refractivity contribution < 1.29 is 18.7 Å². The number of ether oxygens (including phenoxy) is 1. The van der Waals surface area contributed by atoms with E-state index in [1.54, 1.807) is 13.2 Å². The second-order valence-electron chi connectivity index (χ2n) is 7.51. The van der Waals surface area contributed by atoms with Crippen molar-refractivity contribution in [1.82, 2.24) is 5.32 Å². The van der Waals surface area contributed by atoms with E-state index in [2.05, 4.69) is 10.6 Å². The average Bonchev–Trinajstić information content (AvgIpc) is 2.73. The molecule has 0 unspecified atom stereocenters. The number of methoxy groups -OCH3 is 1. The average molecular weight is 406 g/mol. The highest BCUT2D eigenvalue weighted by molar-refractivity contribution is 6.09. The van der Waals surface area contributed by atoms with Crippen LogP contribution in [0.1, 0.15) is 37.7 Å². The van der Waals surface area contributed by atoms with Crippen molar-refractivity contribution >= 4 is 17.4 Å². The predicted molar refractivity (Wildman–Crippen MR) is 112 cm³/mol. The van der Waals surface area contributed by atoms with Gasteiger partial charge in [-0.05, 0) is 55.7 Å². The molecule has 1 heterocycles. The zero-order valence-electron chi connectivity index (χ0n) is 16.9. The number of anilines is 1. The van der Waals surface area contributed by atoms with Crippen LogP contribution in [0, 0.1) is 5.82 Å². The van der Waals surface area contributed by atoms with Crippen LogP contribution in [0.3, 0.4) is 0 Å². The van der Waals surface area contributed by atoms with Crippen LogP contribution in [-0.2, 0) is 9.59 Å². The fraction of sp³-hybridized carbons (Fsp3) is 0.250. The predicted octanol–water partition coefficient (Wildman–Crippen LogP) is 4.44. The molecular formula is C24H23FN2O3. The fourth-order valence-corrected chi connectivity index (χ4v) is 4.20. The molecule has 2 aromatic rings. The van der Waals surface area contributed by atoms with Crippen LogP contribution in [0.2, 0.25) is 0 Å². The molecule has 6 heteroatoms. The number of hydrogen-bond donors (Lipinski definition) is 2. The third kappa shape index (κ3) is 3.73. The van der Waals surface area contributed by atoms with Gasteiger partial charge in [-0.15, -0.1) is 0 Å². The van der Waals surface area contributed by atoms with Gasteiger partial charge in [0, 0.05) is 40.6 Å². The minimum absolute atomic E-state index is 0.0418. The molecule has 0 fully saturated rings. The number of allylic oxidation sites excluding steroid dienone is 3. The second-order valence-corrected chi connectivity index (χ2v) is 7.51. The molecule has 0 aromatic heterocycles. The molecule has 1 aliphatic heterocycles. The van der Waals surface area contributed by atoms with Crippen molar-refractivity contribution in [2.75, 3.05) is 12.4 Å². The topological polar surface area (TPSA) is 67.4 Å². The number of Topliss-reactive ketones (excluding diaryl/α,β-unsaturated/α-hetero) is 1. The van der Waals surface area contributed by atoms with E-state index in [-0.39, 0.29) is 11.7 Å². The minimum Gasteiger partial charge on any atom is -0.497 e. The quantitative estimate of drug-likeness (QED) is 0.788. The van der Waals surface area contributed by atoms with Gasteiger partial charge in [-0.2, -0.15) is 0 Å². The van der Waals surface area contributed by atoms with Gasteiger partial charge in [0.2, 0.25) is 0 Å². The number of benzene rings is 2. The van der Waals surface area contributed by atoms with Gasteiger partial charge in [0.25, 0.3) is 5.91 Å². The molecule has 2 N–H and O–H groups in total. The lowest BCUT2D eigenvalue weighted by atomic mass is 9.75. The maximum atomic E-state index is 13.6. The molecule has 1 aliphatic carbocycles. The number of dihydropyridines is 1. The van der Waals surface area contributed by atoms with Gasteiger partial charge < -0.3 is 15.4 Å². The summed E-state index contributed by atoms with van der Waals surface area (Å²) in [6, 6.07) is 13.2. The molecular weight excluding hydrogens is 383 g/mol. The molecule has 0 bridgehead atoms. The van der Waals surface area contributed by atoms with Crippen LogP contribution in [0.5, 0.6) is 5.75 Å². The zero-order valence-corrected chi connectivity index (χ0v) is 16.9. The summed E-state index contributed by atoms with van der Waals surface area (Å²) in [5.41, 5.74) is 3.80. The highest BCUT2D eigenvalue weighted by Crippen LogP contribution is 2.43. The molecule has 5 nitrogen and oxygen atoms in total. The molecule has 154 valence electrons. The Balaban J connectivity index is 1.80. The lowest BCUT2D eigenvalue weighted by molar-refractivity contribution is -0.116. The number of carbonyl (C=O) groups is 2. The Kier molecular flexibility index (Phi) is 5.40. The first kappa shape index (κ1) is 19.9. The molecule has 1 amide bonds. The Morgan fingerprint density at radius 2 is 1.97 bits per heavy atom. The summed E-state index contributed by atoms with van der Waals surface area (Å²) in [4.78, 5) is 26.2. The molecule has 2 aliphatic rings. The number of ketones is 1. The van der Waals surface area contributed by atoms with Gasteiger partial charge in [-0.3, -0.25) is 9.59 Å². The van der Waals surface area contributed by atoms with Gasteiger partial charge in [0.05, 0.1) is 7.11 Å². The van der Waals surface area contributed by atoms with Gasteiger partial charge >= 0.3 is 0 Å². The SMILES string of the molecule is COc1cccc([C@@H]2C(C(=O)Nc3cccc(F)c3)=C(C)NC3=C2C(=O)CCC3)c1. The van der Waals surface area contributed by atoms with E-state index in [4.69, 9.17) is 4.74 Å². The highest BCUT2D eigenvalue weighted by atomic mass is 19.1. The van der Waals surface area contributed by atoms with E-state index in [0.717, 1.165) is 24.1 Å². The van der Waals surface area contributed by atoms with Gasteiger partial charge in [-0.1, -0.05) is 18.2 Å². The maximum Gasteiger partial charge on any atom is 0.254 e. The summed E-state index contributed by atoms with van der Waals surface area (Å²) in [6.07, 6.45) is 2.00. The van der Waals surface area contributed by atoms with E-state index in [1.165, 1.54) is 18.2 Å². The normalized spacial score (nSPS) is 18.6. The lowest BCUT2D eigenvalue weighted by Gasteiger charge is -2.34. The van der Waals surface area contributed by atoms with Crippen molar-refractivity contribution in [1.29, 1.82) is 0 Å². The first-order valence-electron chi connectivity index (χ1n) is 9.93. The highest BCUT2D eigenvalue weighted by Gasteiger charge is 2.38. The number of halogens is 1. The number of hydrogen-bond acceptors (Lipinski definition) is 4. The number of nitrogens with one attached hydrogen (secondary N) is 2. The van der Waals surface area contributed by atoms with Crippen LogP contribution in [-0.4, -0.2) is 18.8 Å². The number of rotatable bonds is 4. The molecule has 30 heavy (non-hydrogen) atoms. The molecule has 0 radical (unpaired) electrons. The number of amides is 1. The van der Waals surface area contributed by atoms with Crippen molar-refractivity contribution in [3.63, 3.8) is 0 Å². The van der Waals surface area contributed by atoms with Gasteiger partial charge in [0.1, 0.15) is 11.6 Å². The third-order valence-electron chi connectivity index (χ3n) is 5.53. The first-order chi connectivity index (χ1) is 14.5. The van der Waals surface area contributed by atoms with Crippen molar-refractivity contribution in [3.8, 4) is 5.75 Å². The fourth-order valence-electron chi connectivity index (χ4n) is 4.20. The van der Waals surface area contributed by atoms with Crippen LogP contribution >= 0.6 is 0 Å². The summed E-state index contributed by atoms with van der Waals surface area (Å²) in [5.74, 6) is -0.628. The molecule has 1 atom stereocenters. The molecule has 0 spiro atoms. The Labute approximate surface area is 174 Å². The summed E-state index contributed by atoms with van der Waals surface area (Å²) < 4.78 is 19.0. The first-order valence-corrected chi connectivity index (χ1v) is 9.93. The van der Waals surface area contributed by atoms with E-state index >= 15 is 0 Å². The smallest absolute Gasteiger partial charge is 0.254 e. The Bertz CT molecular complexity index is 1090. The summed E-state index contributed by atoms with van der Waals surface area (Å²) in [7, 11) is 1.58. The van der Waals surface area contributed by atoms with E-state index in [1.807, 2.05) is 31.2 Å². The molecule has 0 saturated carbocycles. The summed E-state index contributed by atoms with van der Waals surface area (Å²) in [5, 5.41) is 6.06. The standard InChI is InChI=1S/C24H23FN2O3/c1-14-21(24(29)27-17-8-4-7-16(25)13-17)22(15-6-3-9-18(12-15)30-2)23-19(26-14)10-5-11-20(23)28/h3-4,6-9,12-13,22,26H,5,10-11H2,1-2H3,(H,27,29)/t22-/m1/s1. The lowest BCUT2D eigenvalue weighted by Crippen LogP contribution is -2.35. The van der Waals surface area contributed by atoms with Crippen molar-refractivity contribution in [2.45, 2.75) is 32.1 Å². The van der Waals surface area contributed by atoms with Gasteiger partial charge in [-0.25, -0.2) is 4.39 Å². The van der Waals surface area contributed by atoms with E-state index in [9.17, 15) is 14.0 Å². The van der Waals surface area contributed by atoms with Gasteiger partial charge in [0.15, 0.2) is 5.78 Å². The Morgan fingerprint density at radius 3 is 2.73 bits per heavy atom. The second kappa shape index (κ2) is 8.14. The molecule has 0 saturated heterocycles. The van der Waals surface area contributed by atoms with Crippen LogP contribution in [0.25, 0.3) is 0 Å². The molecule has 2 aromatic carbocycles. The maximum absolute atomic E-state index is 13.6. The van der Waals surface area contributed by atoms with Crippen LogP contribution in [0.4, 0.5) is 10.1 Å². The van der Waals surface area contributed by atoms with Crippen molar-refractivity contribution in [3.05, 3.63) is 82.5 Å². The van der Waals surface area contributed by atoms with Crippen molar-refractivity contribution in [2.24, 2.45) is 0 Å². The zero-order chi connectivity index (χ0) is 21.3. The number of carbonyl (C=O) groups excluding carboxylic acids is 2.